The number of hydrogen-bond acceptors (Lipinski definition) is 4. The third-order valence-electron chi connectivity index (χ3n) is 2.67. The van der Waals surface area contributed by atoms with E-state index in [-0.39, 0.29) is 0 Å². The van der Waals surface area contributed by atoms with E-state index in [4.69, 9.17) is 5.73 Å². The predicted molar refractivity (Wildman–Crippen MR) is 74.0 cm³/mol. The maximum atomic E-state index is 5.67. The molecule has 0 aliphatic rings. The van der Waals surface area contributed by atoms with E-state index in [1.807, 2.05) is 4.68 Å². The van der Waals surface area contributed by atoms with E-state index >= 15 is 0 Å². The second kappa shape index (κ2) is 7.48. The number of rotatable bonds is 8. The zero-order chi connectivity index (χ0) is 13.5. The van der Waals surface area contributed by atoms with Crippen LogP contribution in [-0.4, -0.2) is 39.3 Å². The third-order valence-corrected chi connectivity index (χ3v) is 2.67. The Morgan fingerprint density at radius 1 is 1.28 bits per heavy atom. The van der Waals surface area contributed by atoms with Crippen LogP contribution in [0.15, 0.2) is 6.33 Å². The molecule has 18 heavy (non-hydrogen) atoms. The minimum atomic E-state index is 0.582. The number of nitrogens with two attached hydrogens (primary N) is 1. The minimum Gasteiger partial charge on any atom is -0.329 e. The van der Waals surface area contributed by atoms with E-state index < -0.39 is 0 Å². The van der Waals surface area contributed by atoms with Crippen LogP contribution >= 0.6 is 0 Å². The van der Waals surface area contributed by atoms with Crippen LogP contribution in [0.25, 0.3) is 0 Å². The fraction of sp³-hybridized carbons (Fsp3) is 0.846. The summed E-state index contributed by atoms with van der Waals surface area (Å²) in [6, 6.07) is 0. The molecule has 0 spiro atoms. The van der Waals surface area contributed by atoms with Crippen LogP contribution in [0.2, 0.25) is 0 Å². The summed E-state index contributed by atoms with van der Waals surface area (Å²) < 4.78 is 2.01. The highest BCUT2D eigenvalue weighted by Crippen LogP contribution is 2.06. The highest BCUT2D eigenvalue weighted by atomic mass is 15.3. The maximum Gasteiger partial charge on any atom is 0.141 e. The second-order valence-corrected chi connectivity index (χ2v) is 5.67. The van der Waals surface area contributed by atoms with Crippen molar-refractivity contribution in [2.24, 2.45) is 17.6 Å². The first-order chi connectivity index (χ1) is 8.52. The van der Waals surface area contributed by atoms with Gasteiger partial charge in [0.1, 0.15) is 12.2 Å². The van der Waals surface area contributed by atoms with Gasteiger partial charge in [0.2, 0.25) is 0 Å². The monoisotopic (exact) mass is 253 g/mol. The van der Waals surface area contributed by atoms with Gasteiger partial charge in [-0.25, -0.2) is 9.67 Å². The van der Waals surface area contributed by atoms with Crippen molar-refractivity contribution in [2.45, 2.75) is 40.8 Å². The molecule has 0 atom stereocenters. The van der Waals surface area contributed by atoms with Gasteiger partial charge < -0.3 is 5.73 Å². The summed E-state index contributed by atoms with van der Waals surface area (Å²) >= 11 is 0. The molecular formula is C13H27N5. The van der Waals surface area contributed by atoms with Crippen LogP contribution in [-0.2, 0) is 13.1 Å². The minimum absolute atomic E-state index is 0.582. The highest BCUT2D eigenvalue weighted by molar-refractivity contribution is 4.85. The molecule has 0 fully saturated rings. The Kier molecular flexibility index (Phi) is 6.29. The first-order valence-electron chi connectivity index (χ1n) is 6.82. The average Bonchev–Trinajstić information content (AvgIpc) is 2.64. The fourth-order valence-electron chi connectivity index (χ4n) is 2.04. The topological polar surface area (TPSA) is 60.0 Å². The van der Waals surface area contributed by atoms with Gasteiger partial charge in [-0.3, -0.25) is 4.90 Å². The number of aromatic nitrogens is 3. The van der Waals surface area contributed by atoms with E-state index in [0.717, 1.165) is 32.0 Å². The van der Waals surface area contributed by atoms with Crippen LogP contribution < -0.4 is 5.73 Å². The Bertz CT molecular complexity index is 332. The largest absolute Gasteiger partial charge is 0.329 e. The Morgan fingerprint density at radius 2 is 2.00 bits per heavy atom. The average molecular weight is 253 g/mol. The lowest BCUT2D eigenvalue weighted by atomic mass is 10.2. The summed E-state index contributed by atoms with van der Waals surface area (Å²) in [6.45, 7) is 13.2. The quantitative estimate of drug-likeness (QED) is 0.760. The summed E-state index contributed by atoms with van der Waals surface area (Å²) in [5, 5.41) is 4.30. The number of hydrogen-bond donors (Lipinski definition) is 1. The van der Waals surface area contributed by atoms with Gasteiger partial charge in [0, 0.05) is 26.2 Å². The van der Waals surface area contributed by atoms with Crippen LogP contribution in [0.5, 0.6) is 0 Å². The number of nitrogens with zero attached hydrogens (tertiary/aromatic N) is 4. The van der Waals surface area contributed by atoms with Crippen molar-refractivity contribution in [3.63, 3.8) is 0 Å². The van der Waals surface area contributed by atoms with Crippen LogP contribution in [0.3, 0.4) is 0 Å². The van der Waals surface area contributed by atoms with Crippen molar-refractivity contribution in [3.05, 3.63) is 12.2 Å². The Morgan fingerprint density at radius 3 is 2.56 bits per heavy atom. The van der Waals surface area contributed by atoms with Gasteiger partial charge in [-0.1, -0.05) is 27.7 Å². The van der Waals surface area contributed by atoms with Crippen LogP contribution in [0.1, 0.15) is 33.5 Å². The molecule has 5 heteroatoms. The first kappa shape index (κ1) is 15.1. The molecule has 1 heterocycles. The molecule has 0 radical (unpaired) electrons. The molecule has 0 amide bonds. The SMILES string of the molecule is CC(C)CN(CCN)Cc1ncnn1CC(C)C. The van der Waals surface area contributed by atoms with Crippen molar-refractivity contribution in [1.29, 1.82) is 0 Å². The summed E-state index contributed by atoms with van der Waals surface area (Å²) in [4.78, 5) is 6.72. The van der Waals surface area contributed by atoms with Gasteiger partial charge in [0.05, 0.1) is 6.54 Å². The van der Waals surface area contributed by atoms with Gasteiger partial charge in [-0.15, -0.1) is 0 Å². The van der Waals surface area contributed by atoms with E-state index in [9.17, 15) is 0 Å². The summed E-state index contributed by atoms with van der Waals surface area (Å²) in [5.41, 5.74) is 5.67. The van der Waals surface area contributed by atoms with Gasteiger partial charge in [0.25, 0.3) is 0 Å². The molecule has 0 aliphatic heterocycles. The van der Waals surface area contributed by atoms with Gasteiger partial charge >= 0.3 is 0 Å². The zero-order valence-electron chi connectivity index (χ0n) is 12.1. The molecule has 1 rings (SSSR count). The van der Waals surface area contributed by atoms with Gasteiger partial charge in [0.15, 0.2) is 0 Å². The molecule has 1 aromatic heterocycles. The normalized spacial score (nSPS) is 12.0. The molecule has 0 unspecified atom stereocenters. The van der Waals surface area contributed by atoms with Crippen molar-refractivity contribution in [2.75, 3.05) is 19.6 Å². The molecule has 0 aliphatic carbocycles. The molecule has 0 saturated heterocycles. The maximum absolute atomic E-state index is 5.67. The lowest BCUT2D eigenvalue weighted by Gasteiger charge is -2.23. The van der Waals surface area contributed by atoms with Crippen LogP contribution in [0.4, 0.5) is 0 Å². The standard InChI is InChI=1S/C13H27N5/c1-11(2)7-17(6-5-14)9-13-15-10-16-18(13)8-12(3)4/h10-12H,5-9,14H2,1-4H3. The smallest absolute Gasteiger partial charge is 0.141 e. The van der Waals surface area contributed by atoms with Crippen LogP contribution in [0, 0.1) is 11.8 Å². The molecule has 2 N–H and O–H groups in total. The lowest BCUT2D eigenvalue weighted by molar-refractivity contribution is 0.231. The van der Waals surface area contributed by atoms with E-state index in [1.165, 1.54) is 0 Å². The van der Waals surface area contributed by atoms with Crippen molar-refractivity contribution >= 4 is 0 Å². The van der Waals surface area contributed by atoms with E-state index in [0.29, 0.717) is 18.4 Å². The van der Waals surface area contributed by atoms with Gasteiger partial charge in [-0.2, -0.15) is 5.10 Å². The molecule has 0 saturated carbocycles. The lowest BCUT2D eigenvalue weighted by Crippen LogP contribution is -2.33. The Hall–Kier alpha value is -0.940. The zero-order valence-corrected chi connectivity index (χ0v) is 12.1. The molecule has 0 bridgehead atoms. The van der Waals surface area contributed by atoms with Crippen molar-refractivity contribution in [1.82, 2.24) is 19.7 Å². The van der Waals surface area contributed by atoms with E-state index in [2.05, 4.69) is 42.7 Å². The Balaban J connectivity index is 2.64. The van der Waals surface area contributed by atoms with Crippen molar-refractivity contribution < 1.29 is 0 Å². The Labute approximate surface area is 110 Å². The summed E-state index contributed by atoms with van der Waals surface area (Å²) in [5.74, 6) is 2.26. The van der Waals surface area contributed by atoms with Crippen molar-refractivity contribution in [3.8, 4) is 0 Å². The molecular weight excluding hydrogens is 226 g/mol. The fourth-order valence-corrected chi connectivity index (χ4v) is 2.04. The van der Waals surface area contributed by atoms with E-state index in [1.54, 1.807) is 6.33 Å². The molecule has 5 nitrogen and oxygen atoms in total. The third kappa shape index (κ3) is 5.14. The molecule has 104 valence electrons. The second-order valence-electron chi connectivity index (χ2n) is 5.67. The van der Waals surface area contributed by atoms with Gasteiger partial charge in [-0.05, 0) is 11.8 Å². The first-order valence-corrected chi connectivity index (χ1v) is 6.82. The predicted octanol–water partition coefficient (Wildman–Crippen LogP) is 1.35. The summed E-state index contributed by atoms with van der Waals surface area (Å²) in [6.07, 6.45) is 1.65. The molecule has 1 aromatic rings. The summed E-state index contributed by atoms with van der Waals surface area (Å²) in [7, 11) is 0. The highest BCUT2D eigenvalue weighted by Gasteiger charge is 2.12. The molecule has 0 aromatic carbocycles.